The van der Waals surface area contributed by atoms with Gasteiger partial charge in [0.2, 0.25) is 5.91 Å². The minimum Gasteiger partial charge on any atom is -0.481 e. The number of hydrazine groups is 1. The molecule has 0 aliphatic carbocycles. The summed E-state index contributed by atoms with van der Waals surface area (Å²) >= 11 is 0. The fourth-order valence-electron chi connectivity index (χ4n) is 4.23. The monoisotopic (exact) mass is 354 g/mol. The maximum atomic E-state index is 11.7. The van der Waals surface area contributed by atoms with Gasteiger partial charge in [-0.2, -0.15) is 0 Å². The lowest BCUT2D eigenvalue weighted by atomic mass is 9.76. The highest BCUT2D eigenvalue weighted by atomic mass is 16.5. The van der Waals surface area contributed by atoms with Gasteiger partial charge in [0.25, 0.3) is 0 Å². The van der Waals surface area contributed by atoms with Gasteiger partial charge in [-0.1, -0.05) is 32.6 Å². The Morgan fingerprint density at radius 3 is 2.44 bits per heavy atom. The Morgan fingerprint density at radius 1 is 1.00 bits per heavy atom. The fourth-order valence-corrected chi connectivity index (χ4v) is 4.23. The summed E-state index contributed by atoms with van der Waals surface area (Å²) in [6.07, 6.45) is 11.0. The van der Waals surface area contributed by atoms with E-state index >= 15 is 0 Å². The van der Waals surface area contributed by atoms with E-state index in [1.54, 1.807) is 0 Å². The number of fused-ring (bicyclic) bond motifs is 2. The molecule has 0 radical (unpaired) electrons. The smallest absolute Gasteiger partial charge is 0.303 e. The minimum atomic E-state index is -0.700. The Morgan fingerprint density at radius 2 is 1.72 bits per heavy atom. The van der Waals surface area contributed by atoms with Gasteiger partial charge in [-0.3, -0.25) is 15.0 Å². The number of carboxylic acid groups (broad SMARTS) is 1. The molecule has 2 rings (SSSR count). The summed E-state index contributed by atoms with van der Waals surface area (Å²) in [7, 11) is 0. The van der Waals surface area contributed by atoms with Gasteiger partial charge >= 0.3 is 5.97 Å². The number of amides is 1. The molecule has 2 saturated heterocycles. The Labute approximate surface area is 151 Å². The molecule has 0 aromatic carbocycles. The van der Waals surface area contributed by atoms with Gasteiger partial charge in [0.1, 0.15) is 0 Å². The summed E-state index contributed by atoms with van der Waals surface area (Å²) in [6.45, 7) is 2.86. The molecule has 0 aromatic rings. The number of aliphatic carboxylic acids is 1. The predicted octanol–water partition coefficient (Wildman–Crippen LogP) is 3.02. The van der Waals surface area contributed by atoms with Crippen molar-refractivity contribution in [3.8, 4) is 0 Å². The van der Waals surface area contributed by atoms with Crippen LogP contribution in [0.25, 0.3) is 0 Å². The highest BCUT2D eigenvalue weighted by Gasteiger charge is 2.47. The van der Waals surface area contributed by atoms with Crippen molar-refractivity contribution < 1.29 is 19.4 Å². The van der Waals surface area contributed by atoms with E-state index in [2.05, 4.69) is 17.8 Å². The molecule has 0 saturated carbocycles. The molecule has 2 bridgehead atoms. The van der Waals surface area contributed by atoms with Crippen molar-refractivity contribution >= 4 is 11.9 Å². The Balaban J connectivity index is 1.64. The highest BCUT2D eigenvalue weighted by molar-refractivity contribution is 5.75. The van der Waals surface area contributed by atoms with Crippen molar-refractivity contribution in [3.05, 3.63) is 0 Å². The van der Waals surface area contributed by atoms with Gasteiger partial charge in [-0.15, -0.1) is 0 Å². The number of unbranched alkanes of at least 4 members (excludes halogenated alkanes) is 4. The third kappa shape index (κ3) is 6.59. The number of ether oxygens (including phenoxy) is 1. The maximum absolute atomic E-state index is 11.7. The molecule has 25 heavy (non-hydrogen) atoms. The second-order valence-corrected chi connectivity index (χ2v) is 7.50. The number of carbonyl (C=O) groups is 2. The number of nitrogens with one attached hydrogen (secondary N) is 2. The second kappa shape index (κ2) is 10.8. The van der Waals surface area contributed by atoms with Crippen LogP contribution in [0.1, 0.15) is 77.6 Å². The Kier molecular flexibility index (Phi) is 8.68. The lowest BCUT2D eigenvalue weighted by Crippen LogP contribution is -2.44. The Bertz CT molecular complexity index is 430. The predicted molar refractivity (Wildman–Crippen MR) is 95.9 cm³/mol. The zero-order valence-corrected chi connectivity index (χ0v) is 15.5. The largest absolute Gasteiger partial charge is 0.481 e. The first-order chi connectivity index (χ1) is 12.1. The van der Waals surface area contributed by atoms with Crippen LogP contribution < -0.4 is 10.9 Å². The van der Waals surface area contributed by atoms with E-state index < -0.39 is 5.97 Å². The van der Waals surface area contributed by atoms with E-state index in [9.17, 15) is 9.59 Å². The number of hydrogen-bond acceptors (Lipinski definition) is 4. The molecule has 0 aromatic heterocycles. The van der Waals surface area contributed by atoms with Gasteiger partial charge in [-0.25, -0.2) is 5.43 Å². The summed E-state index contributed by atoms with van der Waals surface area (Å²) in [5, 5.41) is 8.66. The zero-order chi connectivity index (χ0) is 18.1. The lowest BCUT2D eigenvalue weighted by molar-refractivity contribution is -0.137. The summed E-state index contributed by atoms with van der Waals surface area (Å²) in [4.78, 5) is 22.2. The first kappa shape index (κ1) is 20.2. The standard InChI is InChI=1S/C19H34N2O4/c1-2-3-9-18(22)21-20-13-15-14(16-11-12-17(15)25-16)8-6-4-5-7-10-19(23)24/h14-17,20H,2-13H2,1H3,(H,21,22)(H,23,24)/t14-,15-,16+,17-/m1/s1. The normalized spacial score (nSPS) is 27.6. The number of hydrogen-bond donors (Lipinski definition) is 3. The number of carboxylic acids is 1. The fraction of sp³-hybridized carbons (Fsp3) is 0.895. The zero-order valence-electron chi connectivity index (χ0n) is 15.5. The van der Waals surface area contributed by atoms with Crippen molar-refractivity contribution in [1.82, 2.24) is 10.9 Å². The first-order valence-electron chi connectivity index (χ1n) is 10.0. The van der Waals surface area contributed by atoms with Crippen LogP contribution in [0.15, 0.2) is 0 Å². The summed E-state index contributed by atoms with van der Waals surface area (Å²) in [5.41, 5.74) is 5.95. The third-order valence-corrected chi connectivity index (χ3v) is 5.59. The molecular formula is C19H34N2O4. The van der Waals surface area contributed by atoms with Crippen LogP contribution in [0.4, 0.5) is 0 Å². The van der Waals surface area contributed by atoms with Crippen molar-refractivity contribution in [3.63, 3.8) is 0 Å². The van der Waals surface area contributed by atoms with Gasteiger partial charge in [0.05, 0.1) is 12.2 Å². The van der Waals surface area contributed by atoms with E-state index in [0.29, 0.717) is 30.5 Å². The molecule has 2 aliphatic heterocycles. The molecule has 6 nitrogen and oxygen atoms in total. The number of carbonyl (C=O) groups excluding carboxylic acids is 1. The first-order valence-corrected chi connectivity index (χ1v) is 10.0. The summed E-state index contributed by atoms with van der Waals surface area (Å²) in [6, 6.07) is 0. The van der Waals surface area contributed by atoms with E-state index in [-0.39, 0.29) is 12.3 Å². The molecule has 144 valence electrons. The van der Waals surface area contributed by atoms with Crippen LogP contribution in [0.3, 0.4) is 0 Å². The average molecular weight is 354 g/mol. The third-order valence-electron chi connectivity index (χ3n) is 5.59. The molecule has 6 heteroatoms. The second-order valence-electron chi connectivity index (χ2n) is 7.50. The highest BCUT2D eigenvalue weighted by Crippen LogP contribution is 2.45. The molecule has 1 amide bonds. The van der Waals surface area contributed by atoms with E-state index in [0.717, 1.165) is 64.3 Å². The SMILES string of the molecule is CCCCC(=O)NNC[C@@H]1[C@@H](CCCCCCC(=O)O)[C@@H]2CC[C@H]1O2. The Hall–Kier alpha value is -1.14. The van der Waals surface area contributed by atoms with Crippen LogP contribution in [-0.2, 0) is 14.3 Å². The van der Waals surface area contributed by atoms with Gasteiger partial charge in [-0.05, 0) is 38.0 Å². The quantitative estimate of drug-likeness (QED) is 0.349. The van der Waals surface area contributed by atoms with Gasteiger partial charge in [0.15, 0.2) is 0 Å². The molecule has 2 heterocycles. The molecule has 0 unspecified atom stereocenters. The van der Waals surface area contributed by atoms with Crippen LogP contribution in [-0.4, -0.2) is 35.7 Å². The lowest BCUT2D eigenvalue weighted by Gasteiger charge is -2.28. The summed E-state index contributed by atoms with van der Waals surface area (Å²) in [5.74, 6) is 0.414. The van der Waals surface area contributed by atoms with Crippen LogP contribution >= 0.6 is 0 Å². The molecule has 2 fully saturated rings. The van der Waals surface area contributed by atoms with E-state index in [1.165, 1.54) is 0 Å². The van der Waals surface area contributed by atoms with Gasteiger partial charge < -0.3 is 9.84 Å². The summed E-state index contributed by atoms with van der Waals surface area (Å²) < 4.78 is 6.10. The van der Waals surface area contributed by atoms with Crippen LogP contribution in [0.2, 0.25) is 0 Å². The van der Waals surface area contributed by atoms with E-state index in [4.69, 9.17) is 9.84 Å². The van der Waals surface area contributed by atoms with Crippen molar-refractivity contribution in [2.45, 2.75) is 89.8 Å². The molecule has 3 N–H and O–H groups in total. The van der Waals surface area contributed by atoms with Crippen LogP contribution in [0.5, 0.6) is 0 Å². The van der Waals surface area contributed by atoms with Gasteiger partial charge in [0, 0.05) is 25.3 Å². The van der Waals surface area contributed by atoms with E-state index in [1.807, 2.05) is 0 Å². The molecule has 0 spiro atoms. The molecular weight excluding hydrogens is 320 g/mol. The number of rotatable bonds is 13. The molecule has 2 aliphatic rings. The molecule has 4 atom stereocenters. The van der Waals surface area contributed by atoms with Crippen LogP contribution in [0, 0.1) is 11.8 Å². The minimum absolute atomic E-state index is 0.0703. The van der Waals surface area contributed by atoms with Crippen molar-refractivity contribution in [2.24, 2.45) is 11.8 Å². The topological polar surface area (TPSA) is 87.7 Å². The van der Waals surface area contributed by atoms with Crippen molar-refractivity contribution in [2.75, 3.05) is 6.54 Å². The average Bonchev–Trinajstić information content (AvgIpc) is 3.18. The maximum Gasteiger partial charge on any atom is 0.303 e. The van der Waals surface area contributed by atoms with Crippen molar-refractivity contribution in [1.29, 1.82) is 0 Å².